The Morgan fingerprint density at radius 1 is 1.44 bits per heavy atom. The van der Waals surface area contributed by atoms with E-state index in [4.69, 9.17) is 16.9 Å². The van der Waals surface area contributed by atoms with Crippen LogP contribution in [0.5, 0.6) is 0 Å². The number of aliphatic hydroxyl groups is 1. The predicted octanol–water partition coefficient (Wildman–Crippen LogP) is 3.42. The Bertz CT molecular complexity index is 446. The van der Waals surface area contributed by atoms with Crippen LogP contribution in [0.15, 0.2) is 18.2 Å². The van der Waals surface area contributed by atoms with Crippen molar-refractivity contribution in [1.82, 2.24) is 0 Å². The number of hydrogen-bond acceptors (Lipinski definition) is 3. The molecule has 3 nitrogen and oxygen atoms in total. The van der Waals surface area contributed by atoms with Crippen molar-refractivity contribution in [1.29, 1.82) is 5.26 Å². The number of rotatable bonds is 4. The number of benzene rings is 1. The molecule has 0 bridgehead atoms. The molecule has 1 aromatic carbocycles. The van der Waals surface area contributed by atoms with Crippen LogP contribution < -0.4 is 5.32 Å². The van der Waals surface area contributed by atoms with Crippen LogP contribution >= 0.6 is 11.6 Å². The van der Waals surface area contributed by atoms with Crippen molar-refractivity contribution in [3.63, 3.8) is 0 Å². The highest BCUT2D eigenvalue weighted by Gasteiger charge is 2.17. The highest BCUT2D eigenvalue weighted by Crippen LogP contribution is 2.24. The highest BCUT2D eigenvalue weighted by molar-refractivity contribution is 6.32. The summed E-state index contributed by atoms with van der Waals surface area (Å²) in [4.78, 5) is 0. The summed E-state index contributed by atoms with van der Waals surface area (Å²) in [7, 11) is 0. The van der Waals surface area contributed by atoms with Gasteiger partial charge in [-0.25, -0.2) is 0 Å². The molecule has 0 saturated heterocycles. The van der Waals surface area contributed by atoms with E-state index in [0.29, 0.717) is 29.2 Å². The molecule has 1 aromatic rings. The predicted molar refractivity (Wildman–Crippen MR) is 74.7 cm³/mol. The summed E-state index contributed by atoms with van der Waals surface area (Å²) in [5, 5.41) is 22.4. The molecular weight excluding hydrogens is 248 g/mol. The van der Waals surface area contributed by atoms with Gasteiger partial charge in [0, 0.05) is 6.54 Å². The number of aliphatic hydroxyl groups excluding tert-OH is 1. The summed E-state index contributed by atoms with van der Waals surface area (Å²) in [5.74, 6) is 0. The monoisotopic (exact) mass is 266 g/mol. The Labute approximate surface area is 113 Å². The van der Waals surface area contributed by atoms with E-state index < -0.39 is 6.10 Å². The summed E-state index contributed by atoms with van der Waals surface area (Å²) < 4.78 is 0. The second kappa shape index (κ2) is 6.08. The van der Waals surface area contributed by atoms with Crippen LogP contribution in [0.2, 0.25) is 5.02 Å². The van der Waals surface area contributed by atoms with Gasteiger partial charge in [0.15, 0.2) is 0 Å². The molecule has 0 aliphatic rings. The van der Waals surface area contributed by atoms with Crippen molar-refractivity contribution >= 4 is 17.3 Å². The fraction of sp³-hybridized carbons (Fsp3) is 0.500. The highest BCUT2D eigenvalue weighted by atomic mass is 35.5. The number of nitrogens with zero attached hydrogens (tertiary/aromatic N) is 1. The molecule has 98 valence electrons. The lowest BCUT2D eigenvalue weighted by Gasteiger charge is -2.23. The Kier molecular flexibility index (Phi) is 5.01. The molecule has 0 fully saturated rings. The minimum absolute atomic E-state index is 0.0769. The first-order valence-corrected chi connectivity index (χ1v) is 6.32. The van der Waals surface area contributed by atoms with E-state index in [1.165, 1.54) is 0 Å². The van der Waals surface area contributed by atoms with E-state index in [1.54, 1.807) is 18.2 Å². The molecule has 4 heteroatoms. The van der Waals surface area contributed by atoms with Crippen LogP contribution in [0.3, 0.4) is 0 Å². The molecule has 18 heavy (non-hydrogen) atoms. The van der Waals surface area contributed by atoms with Crippen LogP contribution in [0.25, 0.3) is 0 Å². The van der Waals surface area contributed by atoms with E-state index in [1.807, 2.05) is 0 Å². The quantitative estimate of drug-likeness (QED) is 0.878. The van der Waals surface area contributed by atoms with E-state index in [-0.39, 0.29) is 5.41 Å². The van der Waals surface area contributed by atoms with E-state index >= 15 is 0 Å². The van der Waals surface area contributed by atoms with Crippen molar-refractivity contribution in [3.8, 4) is 6.07 Å². The average molecular weight is 267 g/mol. The SMILES string of the molecule is CC(C)(C)CC(O)CNc1cccc(Cl)c1C#N. The molecule has 1 atom stereocenters. The lowest BCUT2D eigenvalue weighted by Crippen LogP contribution is -2.25. The van der Waals surface area contributed by atoms with Crippen molar-refractivity contribution in [2.75, 3.05) is 11.9 Å². The van der Waals surface area contributed by atoms with Crippen LogP contribution in [-0.2, 0) is 0 Å². The lowest BCUT2D eigenvalue weighted by molar-refractivity contribution is 0.132. The maximum absolute atomic E-state index is 9.90. The number of nitriles is 1. The summed E-state index contributed by atoms with van der Waals surface area (Å²) in [6.45, 7) is 6.65. The first-order chi connectivity index (χ1) is 8.33. The zero-order valence-electron chi connectivity index (χ0n) is 11.0. The van der Waals surface area contributed by atoms with Crippen LogP contribution in [0, 0.1) is 16.7 Å². The topological polar surface area (TPSA) is 56.0 Å². The van der Waals surface area contributed by atoms with Gasteiger partial charge < -0.3 is 10.4 Å². The third-order valence-corrected chi connectivity index (χ3v) is 2.82. The molecule has 0 aliphatic heterocycles. The first-order valence-electron chi connectivity index (χ1n) is 5.94. The second-order valence-corrected chi connectivity index (χ2v) is 5.98. The number of hydrogen-bond donors (Lipinski definition) is 2. The Morgan fingerprint density at radius 3 is 2.67 bits per heavy atom. The Hall–Kier alpha value is -1.24. The number of anilines is 1. The van der Waals surface area contributed by atoms with Crippen molar-refractivity contribution in [2.24, 2.45) is 5.41 Å². The summed E-state index contributed by atoms with van der Waals surface area (Å²) in [6, 6.07) is 7.30. The molecule has 1 unspecified atom stereocenters. The smallest absolute Gasteiger partial charge is 0.103 e. The van der Waals surface area contributed by atoms with Gasteiger partial charge in [0.05, 0.1) is 22.4 Å². The molecule has 0 aromatic heterocycles. The van der Waals surface area contributed by atoms with Gasteiger partial charge in [-0.3, -0.25) is 0 Å². The third-order valence-electron chi connectivity index (χ3n) is 2.50. The van der Waals surface area contributed by atoms with Gasteiger partial charge in [-0.05, 0) is 24.0 Å². The lowest BCUT2D eigenvalue weighted by atomic mass is 9.89. The van der Waals surface area contributed by atoms with Crippen LogP contribution in [-0.4, -0.2) is 17.8 Å². The van der Waals surface area contributed by atoms with Gasteiger partial charge >= 0.3 is 0 Å². The largest absolute Gasteiger partial charge is 0.391 e. The molecule has 0 spiro atoms. The molecule has 2 N–H and O–H groups in total. The number of halogens is 1. The average Bonchev–Trinajstić information content (AvgIpc) is 2.24. The summed E-state index contributed by atoms with van der Waals surface area (Å²) >= 11 is 5.93. The summed E-state index contributed by atoms with van der Waals surface area (Å²) in [6.07, 6.45) is 0.248. The maximum atomic E-state index is 9.90. The third kappa shape index (κ3) is 4.56. The molecule has 0 aliphatic carbocycles. The second-order valence-electron chi connectivity index (χ2n) is 5.57. The van der Waals surface area contributed by atoms with Gasteiger partial charge in [-0.2, -0.15) is 5.26 Å². The standard InChI is InChI=1S/C14H19ClN2O/c1-14(2,3)7-10(18)9-17-13-6-4-5-12(15)11(13)8-16/h4-6,10,17-18H,7,9H2,1-3H3. The Balaban J connectivity index is 2.65. The van der Waals surface area contributed by atoms with Crippen molar-refractivity contribution < 1.29 is 5.11 Å². The van der Waals surface area contributed by atoms with E-state index in [2.05, 4.69) is 32.2 Å². The normalized spacial score (nSPS) is 12.9. The van der Waals surface area contributed by atoms with Gasteiger partial charge in [-0.1, -0.05) is 38.4 Å². The van der Waals surface area contributed by atoms with Crippen LogP contribution in [0.4, 0.5) is 5.69 Å². The molecule has 1 rings (SSSR count). The zero-order chi connectivity index (χ0) is 13.8. The van der Waals surface area contributed by atoms with E-state index in [0.717, 1.165) is 0 Å². The number of nitrogens with one attached hydrogen (secondary N) is 1. The molecule has 0 heterocycles. The zero-order valence-corrected chi connectivity index (χ0v) is 11.8. The van der Waals surface area contributed by atoms with Crippen molar-refractivity contribution in [2.45, 2.75) is 33.3 Å². The van der Waals surface area contributed by atoms with Gasteiger partial charge in [0.2, 0.25) is 0 Å². The minimum atomic E-state index is -0.449. The molecule has 0 saturated carbocycles. The van der Waals surface area contributed by atoms with E-state index in [9.17, 15) is 5.11 Å². The van der Waals surface area contributed by atoms with Crippen LogP contribution in [0.1, 0.15) is 32.8 Å². The fourth-order valence-corrected chi connectivity index (χ4v) is 2.01. The fourth-order valence-electron chi connectivity index (χ4n) is 1.79. The maximum Gasteiger partial charge on any atom is 0.103 e. The summed E-state index contributed by atoms with van der Waals surface area (Å²) in [5.41, 5.74) is 1.16. The van der Waals surface area contributed by atoms with Gasteiger partial charge in [0.25, 0.3) is 0 Å². The molecule has 0 amide bonds. The first kappa shape index (κ1) is 14.8. The molecule has 0 radical (unpaired) electrons. The van der Waals surface area contributed by atoms with Gasteiger partial charge in [0.1, 0.15) is 6.07 Å². The Morgan fingerprint density at radius 2 is 2.11 bits per heavy atom. The van der Waals surface area contributed by atoms with Crippen molar-refractivity contribution in [3.05, 3.63) is 28.8 Å². The molecular formula is C14H19ClN2O. The minimum Gasteiger partial charge on any atom is -0.391 e. The van der Waals surface area contributed by atoms with Gasteiger partial charge in [-0.15, -0.1) is 0 Å².